The van der Waals surface area contributed by atoms with Crippen molar-refractivity contribution in [3.05, 3.63) is 53.6 Å². The first-order valence-corrected chi connectivity index (χ1v) is 9.12. The Morgan fingerprint density at radius 2 is 1.56 bits per heavy atom. The zero-order valence-electron chi connectivity index (χ0n) is 15.2. The van der Waals surface area contributed by atoms with Crippen molar-refractivity contribution in [3.63, 3.8) is 0 Å². The molecule has 0 aliphatic carbocycles. The van der Waals surface area contributed by atoms with Gasteiger partial charge < -0.3 is 20.1 Å². The molecule has 0 saturated heterocycles. The minimum atomic E-state index is -0.389. The highest BCUT2D eigenvalue weighted by molar-refractivity contribution is 6.30. The number of benzene rings is 2. The number of ether oxygens (including phenoxy) is 2. The number of hydrogen-bond donors (Lipinski definition) is 2. The summed E-state index contributed by atoms with van der Waals surface area (Å²) in [6.45, 7) is 2.45. The molecule has 2 N–H and O–H groups in total. The molecule has 144 valence electrons. The van der Waals surface area contributed by atoms with Crippen LogP contribution in [-0.2, 0) is 9.59 Å². The van der Waals surface area contributed by atoms with Crippen molar-refractivity contribution in [2.45, 2.75) is 19.8 Å². The fourth-order valence-corrected chi connectivity index (χ4v) is 2.21. The number of halogens is 1. The highest BCUT2D eigenvalue weighted by Crippen LogP contribution is 2.16. The van der Waals surface area contributed by atoms with E-state index in [2.05, 4.69) is 17.6 Å². The van der Waals surface area contributed by atoms with Crippen LogP contribution in [0.15, 0.2) is 48.5 Å². The first-order chi connectivity index (χ1) is 13.1. The van der Waals surface area contributed by atoms with Crippen LogP contribution in [0.3, 0.4) is 0 Å². The van der Waals surface area contributed by atoms with E-state index < -0.39 is 0 Å². The lowest BCUT2D eigenvalue weighted by atomic mass is 10.3. The van der Waals surface area contributed by atoms with E-state index in [0.717, 1.165) is 18.6 Å². The molecule has 0 bridgehead atoms. The fourth-order valence-electron chi connectivity index (χ4n) is 2.08. The number of carbonyl (C=O) groups is 2. The molecule has 7 heteroatoms. The normalized spacial score (nSPS) is 10.1. The summed E-state index contributed by atoms with van der Waals surface area (Å²) in [7, 11) is 0. The molecule has 2 rings (SSSR count). The van der Waals surface area contributed by atoms with E-state index in [0.29, 0.717) is 23.1 Å². The van der Waals surface area contributed by atoms with Crippen LogP contribution in [0.2, 0.25) is 5.02 Å². The number of hydrogen-bond acceptors (Lipinski definition) is 4. The van der Waals surface area contributed by atoms with Crippen LogP contribution in [0, 0.1) is 0 Å². The summed E-state index contributed by atoms with van der Waals surface area (Å²) in [4.78, 5) is 23.7. The second kappa shape index (κ2) is 11.1. The lowest BCUT2D eigenvalue weighted by molar-refractivity contribution is -0.125. The predicted molar refractivity (Wildman–Crippen MR) is 105 cm³/mol. The molecule has 2 aromatic carbocycles. The van der Waals surface area contributed by atoms with E-state index in [4.69, 9.17) is 21.1 Å². The van der Waals surface area contributed by atoms with Gasteiger partial charge in [0.1, 0.15) is 11.5 Å². The number of unbranched alkanes of at least 4 members (excludes halogenated alkanes) is 1. The Bertz CT molecular complexity index is 733. The van der Waals surface area contributed by atoms with Crippen molar-refractivity contribution in [2.24, 2.45) is 0 Å². The monoisotopic (exact) mass is 390 g/mol. The van der Waals surface area contributed by atoms with Gasteiger partial charge in [0.15, 0.2) is 6.61 Å². The molecule has 0 radical (unpaired) electrons. The topological polar surface area (TPSA) is 76.7 Å². The number of anilines is 1. The van der Waals surface area contributed by atoms with Gasteiger partial charge in [-0.3, -0.25) is 9.59 Å². The van der Waals surface area contributed by atoms with Gasteiger partial charge in [0.25, 0.3) is 5.91 Å². The number of carbonyl (C=O) groups excluding carboxylic acids is 2. The standard InChI is InChI=1S/C20H23ClN2O4/c1-2-3-12-26-17-10-6-16(7-11-17)23-19(24)13-22-20(25)14-27-18-8-4-15(21)5-9-18/h4-11H,2-3,12-14H2,1H3,(H,22,25)(H,23,24). The Labute approximate surface area is 163 Å². The molecule has 0 saturated carbocycles. The van der Waals surface area contributed by atoms with Crippen LogP contribution >= 0.6 is 11.6 Å². The van der Waals surface area contributed by atoms with Gasteiger partial charge in [0, 0.05) is 10.7 Å². The largest absolute Gasteiger partial charge is 0.494 e. The first kappa shape index (κ1) is 20.6. The molecule has 0 aliphatic rings. The molecule has 0 heterocycles. The molecule has 0 aromatic heterocycles. The Hall–Kier alpha value is -2.73. The van der Waals surface area contributed by atoms with Crippen molar-refractivity contribution >= 4 is 29.1 Å². The van der Waals surface area contributed by atoms with Gasteiger partial charge in [-0.2, -0.15) is 0 Å². The van der Waals surface area contributed by atoms with Crippen molar-refractivity contribution in [2.75, 3.05) is 25.1 Å². The quantitative estimate of drug-likeness (QED) is 0.607. The molecule has 0 aliphatic heterocycles. The van der Waals surface area contributed by atoms with Crippen LogP contribution in [0.25, 0.3) is 0 Å². The Morgan fingerprint density at radius 3 is 2.22 bits per heavy atom. The number of amides is 2. The average Bonchev–Trinajstić information content (AvgIpc) is 2.67. The van der Waals surface area contributed by atoms with Gasteiger partial charge in [0.2, 0.25) is 5.91 Å². The summed E-state index contributed by atoms with van der Waals surface area (Å²) in [6.07, 6.45) is 2.07. The van der Waals surface area contributed by atoms with Gasteiger partial charge in [-0.25, -0.2) is 0 Å². The summed E-state index contributed by atoms with van der Waals surface area (Å²) in [5.74, 6) is 0.573. The fraction of sp³-hybridized carbons (Fsp3) is 0.300. The highest BCUT2D eigenvalue weighted by atomic mass is 35.5. The highest BCUT2D eigenvalue weighted by Gasteiger charge is 2.07. The van der Waals surface area contributed by atoms with Gasteiger partial charge in [-0.15, -0.1) is 0 Å². The predicted octanol–water partition coefficient (Wildman–Crippen LogP) is 3.65. The third-order valence-corrected chi connectivity index (χ3v) is 3.79. The molecule has 0 fully saturated rings. The van der Waals surface area contributed by atoms with Crippen LogP contribution in [0.5, 0.6) is 11.5 Å². The van der Waals surface area contributed by atoms with Crippen LogP contribution in [-0.4, -0.2) is 31.6 Å². The second-order valence-electron chi connectivity index (χ2n) is 5.79. The molecule has 6 nitrogen and oxygen atoms in total. The summed E-state index contributed by atoms with van der Waals surface area (Å²) < 4.78 is 10.9. The van der Waals surface area contributed by atoms with Gasteiger partial charge in [-0.05, 0) is 55.0 Å². The zero-order valence-corrected chi connectivity index (χ0v) is 15.9. The number of rotatable bonds is 10. The SMILES string of the molecule is CCCCOc1ccc(NC(=O)CNC(=O)COc2ccc(Cl)cc2)cc1. The molecule has 0 atom stereocenters. The summed E-state index contributed by atoms with van der Waals surface area (Å²) in [5.41, 5.74) is 0.634. The average molecular weight is 391 g/mol. The third-order valence-electron chi connectivity index (χ3n) is 3.53. The van der Waals surface area contributed by atoms with E-state index in [9.17, 15) is 9.59 Å². The van der Waals surface area contributed by atoms with E-state index >= 15 is 0 Å². The molecule has 2 amide bonds. The minimum absolute atomic E-state index is 0.141. The molecule has 2 aromatic rings. The first-order valence-electron chi connectivity index (χ1n) is 8.74. The Balaban J connectivity index is 1.67. The molecular weight excluding hydrogens is 368 g/mol. The van der Waals surface area contributed by atoms with Crippen LogP contribution < -0.4 is 20.1 Å². The molecule has 27 heavy (non-hydrogen) atoms. The zero-order chi connectivity index (χ0) is 19.5. The number of nitrogens with one attached hydrogen (secondary N) is 2. The van der Waals surface area contributed by atoms with Crippen molar-refractivity contribution in [1.29, 1.82) is 0 Å². The summed E-state index contributed by atoms with van der Waals surface area (Å²) >= 11 is 5.78. The van der Waals surface area contributed by atoms with Crippen LogP contribution in [0.4, 0.5) is 5.69 Å². The third kappa shape index (κ3) is 8.00. The molecular formula is C20H23ClN2O4. The molecule has 0 spiro atoms. The van der Waals surface area contributed by atoms with E-state index in [1.165, 1.54) is 0 Å². The van der Waals surface area contributed by atoms with Gasteiger partial charge in [-0.1, -0.05) is 24.9 Å². The van der Waals surface area contributed by atoms with Crippen molar-refractivity contribution in [3.8, 4) is 11.5 Å². The van der Waals surface area contributed by atoms with E-state index in [1.807, 2.05) is 0 Å². The maximum absolute atomic E-state index is 11.9. The maximum Gasteiger partial charge on any atom is 0.258 e. The second-order valence-corrected chi connectivity index (χ2v) is 6.23. The molecule has 0 unspecified atom stereocenters. The smallest absolute Gasteiger partial charge is 0.258 e. The van der Waals surface area contributed by atoms with Crippen molar-refractivity contribution < 1.29 is 19.1 Å². The maximum atomic E-state index is 11.9. The van der Waals surface area contributed by atoms with E-state index in [1.54, 1.807) is 48.5 Å². The Morgan fingerprint density at radius 1 is 0.926 bits per heavy atom. The van der Waals surface area contributed by atoms with Crippen molar-refractivity contribution in [1.82, 2.24) is 5.32 Å². The lowest BCUT2D eigenvalue weighted by Crippen LogP contribution is -2.35. The van der Waals surface area contributed by atoms with Crippen LogP contribution in [0.1, 0.15) is 19.8 Å². The van der Waals surface area contributed by atoms with Gasteiger partial charge >= 0.3 is 0 Å². The van der Waals surface area contributed by atoms with E-state index in [-0.39, 0.29) is 25.0 Å². The minimum Gasteiger partial charge on any atom is -0.494 e. The summed E-state index contributed by atoms with van der Waals surface area (Å²) in [6, 6.07) is 13.8. The van der Waals surface area contributed by atoms with Gasteiger partial charge in [0.05, 0.1) is 13.2 Å². The lowest BCUT2D eigenvalue weighted by Gasteiger charge is -2.09. The Kier molecular flexibility index (Phi) is 8.45. The summed E-state index contributed by atoms with van der Waals surface area (Å²) in [5, 5.41) is 5.80.